The first-order chi connectivity index (χ1) is 26.4. The fourth-order valence-corrected chi connectivity index (χ4v) is 5.80. The van der Waals surface area contributed by atoms with E-state index in [-0.39, 0.29) is 60.5 Å². The zero-order valence-electron chi connectivity index (χ0n) is 31.7. The topological polar surface area (TPSA) is 165 Å². The number of piperidine rings is 1. The van der Waals surface area contributed by atoms with Crippen molar-refractivity contribution in [3.8, 4) is 0 Å². The fourth-order valence-electron chi connectivity index (χ4n) is 5.80. The van der Waals surface area contributed by atoms with Crippen LogP contribution in [0.1, 0.15) is 71.0 Å². The van der Waals surface area contributed by atoms with E-state index in [1.165, 1.54) is 25.3 Å². The number of amides is 4. The van der Waals surface area contributed by atoms with Gasteiger partial charge < -0.3 is 29.7 Å². The Labute approximate surface area is 332 Å². The Kier molecular flexibility index (Phi) is 15.1. The first-order valence-corrected chi connectivity index (χ1v) is 17.9. The van der Waals surface area contributed by atoms with Gasteiger partial charge in [0, 0.05) is 18.7 Å². The van der Waals surface area contributed by atoms with E-state index in [2.05, 4.69) is 41.7 Å². The van der Waals surface area contributed by atoms with Crippen molar-refractivity contribution in [2.24, 2.45) is 10.9 Å². The van der Waals surface area contributed by atoms with Crippen LogP contribution < -0.4 is 16.0 Å². The number of esters is 1. The van der Waals surface area contributed by atoms with Crippen molar-refractivity contribution in [2.75, 3.05) is 30.8 Å². The van der Waals surface area contributed by atoms with Gasteiger partial charge in [0.05, 0.1) is 30.0 Å². The average molecular weight is 784 g/mol. The van der Waals surface area contributed by atoms with Gasteiger partial charge in [0.2, 0.25) is 11.9 Å². The number of anilines is 2. The summed E-state index contributed by atoms with van der Waals surface area (Å²) in [6, 6.07) is 29.8. The predicted octanol–water partition coefficient (Wildman–Crippen LogP) is 7.71. The van der Waals surface area contributed by atoms with Gasteiger partial charge in [0.1, 0.15) is 13.2 Å². The van der Waals surface area contributed by atoms with Crippen LogP contribution in [0.25, 0.3) is 0 Å². The van der Waals surface area contributed by atoms with E-state index in [9.17, 15) is 24.0 Å². The Morgan fingerprint density at radius 1 is 0.768 bits per heavy atom. The molecule has 1 unspecified atom stereocenters. The molecule has 0 spiro atoms. The van der Waals surface area contributed by atoms with Gasteiger partial charge in [-0.15, -0.1) is 17.4 Å². The molecule has 1 fully saturated rings. The fraction of sp³-hybridized carbons (Fsp3) is 0.286. The summed E-state index contributed by atoms with van der Waals surface area (Å²) in [6.07, 6.45) is -0.780. The maximum absolute atomic E-state index is 13.8. The molecule has 294 valence electrons. The van der Waals surface area contributed by atoms with Gasteiger partial charge in [-0.3, -0.25) is 14.9 Å². The average Bonchev–Trinajstić information content (AvgIpc) is 3.19. The molecule has 4 amide bonds. The monoisotopic (exact) mass is 783 g/mol. The summed E-state index contributed by atoms with van der Waals surface area (Å²) in [5.41, 5.74) is 3.50. The van der Waals surface area contributed by atoms with Gasteiger partial charge in [-0.25, -0.2) is 14.4 Å². The van der Waals surface area contributed by atoms with Gasteiger partial charge in [-0.1, -0.05) is 93.6 Å². The highest BCUT2D eigenvalue weighted by molar-refractivity contribution is 6.08. The third kappa shape index (κ3) is 12.2. The van der Waals surface area contributed by atoms with Crippen molar-refractivity contribution in [3.05, 3.63) is 131 Å². The van der Waals surface area contributed by atoms with Crippen LogP contribution in [0, 0.1) is 5.92 Å². The molecular weight excluding hydrogens is 738 g/mol. The Morgan fingerprint density at radius 3 is 1.98 bits per heavy atom. The smallest absolute Gasteiger partial charge is 0.437 e. The summed E-state index contributed by atoms with van der Waals surface area (Å²) in [7, 11) is 1.25. The SMILES string of the molecule is COC(=O)c1ccc(NC(=O)C2CCCN(C(=NC(=O)OCc3ccccc3)NC(=O)OCc3ccccc3)C2)c(NC(=O)c2ccc(C(C)(C)C)cc2)c1.Cl. The Morgan fingerprint density at radius 2 is 1.38 bits per heavy atom. The number of hydrogen-bond acceptors (Lipinski definition) is 8. The summed E-state index contributed by atoms with van der Waals surface area (Å²) in [4.78, 5) is 71.1. The molecule has 1 aliphatic rings. The lowest BCUT2D eigenvalue weighted by Crippen LogP contribution is -2.50. The number of carbonyl (C=O) groups is 5. The molecule has 4 aromatic rings. The number of halogens is 1. The van der Waals surface area contributed by atoms with Crippen molar-refractivity contribution in [2.45, 2.75) is 52.2 Å². The normalized spacial score (nSPS) is 14.0. The van der Waals surface area contributed by atoms with E-state index in [0.29, 0.717) is 24.9 Å². The molecule has 5 rings (SSSR count). The maximum Gasteiger partial charge on any atom is 0.437 e. The molecule has 0 aromatic heterocycles. The van der Waals surface area contributed by atoms with Crippen molar-refractivity contribution in [1.29, 1.82) is 0 Å². The van der Waals surface area contributed by atoms with Crippen LogP contribution in [-0.4, -0.2) is 61.0 Å². The summed E-state index contributed by atoms with van der Waals surface area (Å²) in [6.45, 7) is 6.64. The highest BCUT2D eigenvalue weighted by Crippen LogP contribution is 2.28. The first-order valence-electron chi connectivity index (χ1n) is 17.9. The lowest BCUT2D eigenvalue weighted by atomic mass is 9.87. The highest BCUT2D eigenvalue weighted by Gasteiger charge is 2.30. The number of nitrogens with one attached hydrogen (secondary N) is 3. The molecule has 4 aromatic carbocycles. The molecule has 1 heterocycles. The minimum absolute atomic E-state index is 0. The summed E-state index contributed by atoms with van der Waals surface area (Å²) in [5.74, 6) is -2.20. The molecule has 13 nitrogen and oxygen atoms in total. The number of guanidine groups is 1. The van der Waals surface area contributed by atoms with Crippen LogP contribution in [0.3, 0.4) is 0 Å². The molecule has 1 saturated heterocycles. The molecule has 1 atom stereocenters. The van der Waals surface area contributed by atoms with E-state index >= 15 is 0 Å². The molecule has 3 N–H and O–H groups in total. The Balaban J connectivity index is 0.00000696. The molecule has 56 heavy (non-hydrogen) atoms. The first kappa shape index (κ1) is 42.5. The van der Waals surface area contributed by atoms with Crippen LogP contribution in [0.5, 0.6) is 0 Å². The van der Waals surface area contributed by atoms with E-state index < -0.39 is 35.9 Å². The third-order valence-electron chi connectivity index (χ3n) is 8.88. The van der Waals surface area contributed by atoms with Crippen LogP contribution in [0.15, 0.2) is 108 Å². The standard InChI is InChI=1S/C42H45N5O8.ClH/c1-42(2,3)33-20-17-30(18-21-33)36(48)44-35-24-31(38(50)53-4)19-22-34(35)43-37(49)32-16-11-23-47(25-32)39(45-40(51)54-26-28-12-7-5-8-13-28)46-41(52)55-27-29-14-9-6-10-15-29;/h5-10,12-15,17-22,24,32H,11,16,23,25-27H2,1-4H3,(H,43,49)(H,44,48)(H,45,46,51,52);1H. The number of hydrogen-bond donors (Lipinski definition) is 3. The zero-order valence-corrected chi connectivity index (χ0v) is 32.5. The second kappa shape index (κ2) is 19.9. The van der Waals surface area contributed by atoms with Crippen LogP contribution in [-0.2, 0) is 37.6 Å². The minimum Gasteiger partial charge on any atom is -0.465 e. The Hall–Kier alpha value is -6.21. The summed E-state index contributed by atoms with van der Waals surface area (Å²) < 4.78 is 15.6. The number of methoxy groups -OCH3 is 1. The Bertz CT molecular complexity index is 2020. The van der Waals surface area contributed by atoms with Crippen molar-refractivity contribution in [3.63, 3.8) is 0 Å². The molecule has 0 bridgehead atoms. The number of alkyl carbamates (subject to hydrolysis) is 1. The lowest BCUT2D eigenvalue weighted by molar-refractivity contribution is -0.121. The molecule has 1 aliphatic heterocycles. The molecular formula is C42H46ClN5O8. The summed E-state index contributed by atoms with van der Waals surface area (Å²) in [5, 5.41) is 8.29. The minimum atomic E-state index is -0.937. The second-order valence-electron chi connectivity index (χ2n) is 14.0. The van der Waals surface area contributed by atoms with Gasteiger partial charge in [-0.2, -0.15) is 0 Å². The van der Waals surface area contributed by atoms with Crippen LogP contribution in [0.2, 0.25) is 0 Å². The zero-order chi connectivity index (χ0) is 39.4. The van der Waals surface area contributed by atoms with E-state index in [1.807, 2.05) is 48.5 Å². The van der Waals surface area contributed by atoms with Crippen molar-refractivity contribution >= 4 is 59.7 Å². The quantitative estimate of drug-likeness (QED) is 0.0667. The predicted molar refractivity (Wildman–Crippen MR) is 215 cm³/mol. The number of nitrogens with zero attached hydrogens (tertiary/aromatic N) is 2. The maximum atomic E-state index is 13.8. The largest absolute Gasteiger partial charge is 0.465 e. The molecule has 0 radical (unpaired) electrons. The number of benzene rings is 4. The van der Waals surface area contributed by atoms with Gasteiger partial charge in [0.25, 0.3) is 5.91 Å². The highest BCUT2D eigenvalue weighted by atomic mass is 35.5. The number of carbonyl (C=O) groups excluding carboxylic acids is 5. The third-order valence-corrected chi connectivity index (χ3v) is 8.88. The van der Waals surface area contributed by atoms with Crippen molar-refractivity contribution < 1.29 is 38.2 Å². The number of rotatable bonds is 9. The molecule has 0 saturated carbocycles. The van der Waals surface area contributed by atoms with E-state index in [1.54, 1.807) is 41.3 Å². The summed E-state index contributed by atoms with van der Waals surface area (Å²) >= 11 is 0. The van der Waals surface area contributed by atoms with Gasteiger partial charge in [-0.05, 0) is 65.3 Å². The van der Waals surface area contributed by atoms with E-state index in [4.69, 9.17) is 14.2 Å². The van der Waals surface area contributed by atoms with Crippen LogP contribution in [0.4, 0.5) is 21.0 Å². The molecule has 14 heteroatoms. The van der Waals surface area contributed by atoms with Crippen molar-refractivity contribution in [1.82, 2.24) is 10.2 Å². The number of ether oxygens (including phenoxy) is 3. The lowest BCUT2D eigenvalue weighted by Gasteiger charge is -2.33. The number of aliphatic imine (C=N–C) groups is 1. The van der Waals surface area contributed by atoms with Crippen LogP contribution >= 0.6 is 12.4 Å². The second-order valence-corrected chi connectivity index (χ2v) is 14.0. The number of likely N-dealkylation sites (tertiary alicyclic amines) is 1. The molecule has 0 aliphatic carbocycles. The van der Waals surface area contributed by atoms with Gasteiger partial charge >= 0.3 is 18.2 Å². The van der Waals surface area contributed by atoms with Gasteiger partial charge in [0.15, 0.2) is 0 Å². The van der Waals surface area contributed by atoms with E-state index in [0.717, 1.165) is 16.7 Å².